The fourth-order valence-corrected chi connectivity index (χ4v) is 2.49. The normalized spacial score (nSPS) is 10.3. The highest BCUT2D eigenvalue weighted by molar-refractivity contribution is 6.35. The quantitative estimate of drug-likeness (QED) is 0.465. The summed E-state index contributed by atoms with van der Waals surface area (Å²) in [4.78, 5) is 4.26. The summed E-state index contributed by atoms with van der Waals surface area (Å²) in [6.45, 7) is 4.65. The molecule has 1 aromatic heterocycles. The molecule has 122 valence electrons. The molecule has 6 heteroatoms. The highest BCUT2D eigenvalue weighted by Gasteiger charge is 2.05. The zero-order valence-electron chi connectivity index (χ0n) is 12.8. The highest BCUT2D eigenvalue weighted by atomic mass is 35.5. The van der Waals surface area contributed by atoms with Gasteiger partial charge in [-0.3, -0.25) is 0 Å². The zero-order chi connectivity index (χ0) is 16.8. The third kappa shape index (κ3) is 5.61. The lowest BCUT2D eigenvalue weighted by Gasteiger charge is -2.10. The van der Waals surface area contributed by atoms with Gasteiger partial charge in [-0.25, -0.2) is 4.98 Å². The predicted molar refractivity (Wildman–Crippen MR) is 96.0 cm³/mol. The van der Waals surface area contributed by atoms with Gasteiger partial charge in [0.1, 0.15) is 19.0 Å². The van der Waals surface area contributed by atoms with E-state index in [0.717, 1.165) is 11.3 Å². The Morgan fingerprint density at radius 3 is 2.26 bits per heavy atom. The van der Waals surface area contributed by atoms with Crippen molar-refractivity contribution in [1.29, 1.82) is 0 Å². The van der Waals surface area contributed by atoms with E-state index in [4.69, 9.17) is 44.3 Å². The molecule has 0 aliphatic rings. The molecule has 0 aliphatic carbocycles. The molecule has 2 rings (SSSR count). The first-order valence-electron chi connectivity index (χ1n) is 6.98. The van der Waals surface area contributed by atoms with Gasteiger partial charge in [-0.05, 0) is 50.3 Å². The molecule has 1 heterocycles. The van der Waals surface area contributed by atoms with Crippen LogP contribution >= 0.6 is 34.8 Å². The standard InChI is InChI=1S/C17H16Cl3NO2/c1-11(2)9-13-4-6-16(17(20)21-13)23-8-7-22-15-5-3-12(18)10-14(15)19/h3-6,9-10H,7-8H2,1-2H3. The van der Waals surface area contributed by atoms with Gasteiger partial charge in [-0.1, -0.05) is 40.4 Å². The van der Waals surface area contributed by atoms with Gasteiger partial charge < -0.3 is 9.47 Å². The maximum atomic E-state index is 6.11. The number of rotatable bonds is 6. The topological polar surface area (TPSA) is 31.4 Å². The number of hydrogen-bond acceptors (Lipinski definition) is 3. The number of benzene rings is 1. The summed E-state index contributed by atoms with van der Waals surface area (Å²) in [5.41, 5.74) is 1.95. The summed E-state index contributed by atoms with van der Waals surface area (Å²) in [5.74, 6) is 1.08. The molecule has 0 atom stereocenters. The van der Waals surface area contributed by atoms with Crippen molar-refractivity contribution in [3.05, 3.63) is 56.8 Å². The third-order valence-electron chi connectivity index (χ3n) is 2.76. The van der Waals surface area contributed by atoms with Crippen molar-refractivity contribution in [2.45, 2.75) is 13.8 Å². The molecule has 0 aliphatic heterocycles. The second-order valence-corrected chi connectivity index (χ2v) is 6.22. The fourth-order valence-electron chi connectivity index (χ4n) is 1.81. The summed E-state index contributed by atoms with van der Waals surface area (Å²) in [6.07, 6.45) is 1.95. The largest absolute Gasteiger partial charge is 0.488 e. The first-order chi connectivity index (χ1) is 11.0. The molecular formula is C17H16Cl3NO2. The van der Waals surface area contributed by atoms with Crippen molar-refractivity contribution in [3.8, 4) is 11.5 Å². The molecule has 0 saturated heterocycles. The molecule has 0 N–H and O–H groups in total. The van der Waals surface area contributed by atoms with Crippen LogP contribution in [0.2, 0.25) is 15.2 Å². The Labute approximate surface area is 150 Å². The number of hydrogen-bond donors (Lipinski definition) is 0. The van der Waals surface area contributed by atoms with Crippen molar-refractivity contribution >= 4 is 40.9 Å². The van der Waals surface area contributed by atoms with E-state index in [0.29, 0.717) is 39.9 Å². The number of halogens is 3. The average molecular weight is 373 g/mol. The first-order valence-corrected chi connectivity index (χ1v) is 8.11. The lowest BCUT2D eigenvalue weighted by molar-refractivity contribution is 0.217. The molecule has 0 saturated carbocycles. The monoisotopic (exact) mass is 371 g/mol. The minimum Gasteiger partial charge on any atom is -0.488 e. The lowest BCUT2D eigenvalue weighted by Crippen LogP contribution is -2.09. The van der Waals surface area contributed by atoms with Gasteiger partial charge in [0.25, 0.3) is 0 Å². The van der Waals surface area contributed by atoms with Crippen molar-refractivity contribution < 1.29 is 9.47 Å². The van der Waals surface area contributed by atoms with Crippen LogP contribution in [0.15, 0.2) is 35.9 Å². The molecule has 0 radical (unpaired) electrons. The van der Waals surface area contributed by atoms with Crippen LogP contribution in [-0.4, -0.2) is 18.2 Å². The Hall–Kier alpha value is -1.42. The van der Waals surface area contributed by atoms with Crippen molar-refractivity contribution in [1.82, 2.24) is 4.98 Å². The number of pyridine rings is 1. The van der Waals surface area contributed by atoms with E-state index in [-0.39, 0.29) is 0 Å². The molecule has 3 nitrogen and oxygen atoms in total. The van der Waals surface area contributed by atoms with Crippen LogP contribution in [0.25, 0.3) is 6.08 Å². The molecule has 0 fully saturated rings. The van der Waals surface area contributed by atoms with Gasteiger partial charge in [0.15, 0.2) is 10.9 Å². The summed E-state index contributed by atoms with van der Waals surface area (Å²) < 4.78 is 11.1. The maximum absolute atomic E-state index is 6.11. The molecular weight excluding hydrogens is 357 g/mol. The van der Waals surface area contributed by atoms with E-state index in [2.05, 4.69) is 4.98 Å². The molecule has 0 amide bonds. The lowest BCUT2D eigenvalue weighted by atomic mass is 10.2. The predicted octanol–water partition coefficient (Wildman–Crippen LogP) is 5.92. The molecule has 0 spiro atoms. The molecule has 0 bridgehead atoms. The SMILES string of the molecule is CC(C)=Cc1ccc(OCCOc2ccc(Cl)cc2Cl)c(Cl)n1. The second-order valence-electron chi connectivity index (χ2n) is 5.02. The molecule has 1 aromatic carbocycles. The number of aromatic nitrogens is 1. The third-order valence-corrected chi connectivity index (χ3v) is 3.57. The van der Waals surface area contributed by atoms with E-state index in [9.17, 15) is 0 Å². The summed E-state index contributed by atoms with van der Waals surface area (Å²) in [6, 6.07) is 8.70. The van der Waals surface area contributed by atoms with Gasteiger partial charge in [0.05, 0.1) is 10.7 Å². The van der Waals surface area contributed by atoms with E-state index in [1.165, 1.54) is 0 Å². The Kier molecular flexibility index (Phi) is 6.58. The second kappa shape index (κ2) is 8.44. The first kappa shape index (κ1) is 17.9. The average Bonchev–Trinajstić information content (AvgIpc) is 2.46. The number of allylic oxidation sites excluding steroid dienone is 1. The molecule has 23 heavy (non-hydrogen) atoms. The minimum absolute atomic E-state index is 0.322. The van der Waals surface area contributed by atoms with Crippen LogP contribution in [-0.2, 0) is 0 Å². The van der Waals surface area contributed by atoms with E-state index in [1.54, 1.807) is 24.3 Å². The summed E-state index contributed by atoms with van der Waals surface area (Å²) in [5, 5.41) is 1.35. The minimum atomic E-state index is 0.322. The van der Waals surface area contributed by atoms with Crippen molar-refractivity contribution in [2.24, 2.45) is 0 Å². The Morgan fingerprint density at radius 1 is 1.00 bits per heavy atom. The summed E-state index contributed by atoms with van der Waals surface area (Å²) >= 11 is 18.0. The van der Waals surface area contributed by atoms with Gasteiger partial charge in [0.2, 0.25) is 0 Å². The Morgan fingerprint density at radius 2 is 1.65 bits per heavy atom. The molecule has 0 unspecified atom stereocenters. The number of ether oxygens (including phenoxy) is 2. The van der Waals surface area contributed by atoms with Crippen LogP contribution in [0, 0.1) is 0 Å². The fraction of sp³-hybridized carbons (Fsp3) is 0.235. The smallest absolute Gasteiger partial charge is 0.171 e. The van der Waals surface area contributed by atoms with Gasteiger partial charge in [0, 0.05) is 5.02 Å². The Balaban J connectivity index is 1.88. The zero-order valence-corrected chi connectivity index (χ0v) is 15.0. The van der Waals surface area contributed by atoms with Crippen molar-refractivity contribution in [2.75, 3.05) is 13.2 Å². The molecule has 2 aromatic rings. The van der Waals surface area contributed by atoms with Crippen LogP contribution in [0.5, 0.6) is 11.5 Å². The van der Waals surface area contributed by atoms with E-state index >= 15 is 0 Å². The number of nitrogens with zero attached hydrogens (tertiary/aromatic N) is 1. The Bertz CT molecular complexity index is 713. The van der Waals surface area contributed by atoms with E-state index in [1.807, 2.05) is 26.0 Å². The van der Waals surface area contributed by atoms with E-state index < -0.39 is 0 Å². The highest BCUT2D eigenvalue weighted by Crippen LogP contribution is 2.27. The summed E-state index contributed by atoms with van der Waals surface area (Å²) in [7, 11) is 0. The van der Waals surface area contributed by atoms with Crippen LogP contribution < -0.4 is 9.47 Å². The van der Waals surface area contributed by atoms with Crippen LogP contribution in [0.1, 0.15) is 19.5 Å². The van der Waals surface area contributed by atoms with Gasteiger partial charge >= 0.3 is 0 Å². The van der Waals surface area contributed by atoms with Gasteiger partial charge in [-0.2, -0.15) is 0 Å². The van der Waals surface area contributed by atoms with Crippen LogP contribution in [0.3, 0.4) is 0 Å². The van der Waals surface area contributed by atoms with Crippen molar-refractivity contribution in [3.63, 3.8) is 0 Å². The van der Waals surface area contributed by atoms with Gasteiger partial charge in [-0.15, -0.1) is 0 Å². The maximum Gasteiger partial charge on any atom is 0.171 e. The van der Waals surface area contributed by atoms with Crippen LogP contribution in [0.4, 0.5) is 0 Å².